The quantitative estimate of drug-likeness (QED) is 0.707. The van der Waals surface area contributed by atoms with Crippen molar-refractivity contribution < 1.29 is 17.9 Å². The lowest BCUT2D eigenvalue weighted by atomic mass is 10.2. The smallest absolute Gasteiger partial charge is 0.433 e. The van der Waals surface area contributed by atoms with Crippen molar-refractivity contribution in [3.63, 3.8) is 0 Å². The summed E-state index contributed by atoms with van der Waals surface area (Å²) in [7, 11) is 0. The van der Waals surface area contributed by atoms with Crippen LogP contribution in [-0.2, 0) is 6.18 Å². The summed E-state index contributed by atoms with van der Waals surface area (Å²) in [4.78, 5) is 3.34. The highest BCUT2D eigenvalue weighted by molar-refractivity contribution is 5.26. The molecule has 5 heteroatoms. The molecule has 0 fully saturated rings. The first-order valence-corrected chi connectivity index (χ1v) is 4.06. The first-order chi connectivity index (χ1) is 6.95. The largest absolute Gasteiger partial charge is 0.464 e. The van der Waals surface area contributed by atoms with Crippen molar-refractivity contribution in [2.24, 2.45) is 0 Å². The summed E-state index contributed by atoms with van der Waals surface area (Å²) >= 11 is 0. The van der Waals surface area contributed by atoms with Crippen molar-refractivity contribution in [2.45, 2.75) is 13.1 Å². The van der Waals surface area contributed by atoms with Gasteiger partial charge in [-0.15, -0.1) is 6.42 Å². The van der Waals surface area contributed by atoms with Gasteiger partial charge in [0.2, 0.25) is 5.88 Å². The van der Waals surface area contributed by atoms with Gasteiger partial charge in [0, 0.05) is 6.07 Å². The number of hydrogen-bond donors (Lipinski definition) is 0. The fraction of sp³-hybridized carbons (Fsp3) is 0.300. The zero-order valence-electron chi connectivity index (χ0n) is 7.93. The van der Waals surface area contributed by atoms with Crippen molar-refractivity contribution >= 4 is 0 Å². The second kappa shape index (κ2) is 4.22. The molecule has 0 radical (unpaired) electrons. The summed E-state index contributed by atoms with van der Waals surface area (Å²) in [6.07, 6.45) is 0.432. The topological polar surface area (TPSA) is 22.1 Å². The number of terminal acetylenes is 1. The third-order valence-corrected chi connectivity index (χ3v) is 1.64. The number of halogens is 3. The monoisotopic (exact) mass is 215 g/mol. The van der Waals surface area contributed by atoms with Crippen LogP contribution in [0, 0.1) is 19.3 Å². The molecule has 0 aliphatic carbocycles. The minimum absolute atomic E-state index is 0.0514. The molecule has 0 atom stereocenters. The van der Waals surface area contributed by atoms with E-state index >= 15 is 0 Å². The number of hydrogen-bond acceptors (Lipinski definition) is 2. The van der Waals surface area contributed by atoms with Crippen LogP contribution < -0.4 is 4.74 Å². The lowest BCUT2D eigenvalue weighted by Gasteiger charge is -2.10. The van der Waals surface area contributed by atoms with E-state index in [0.29, 0.717) is 0 Å². The normalized spacial score (nSPS) is 10.9. The summed E-state index contributed by atoms with van der Waals surface area (Å²) in [5.41, 5.74) is -0.896. The molecule has 0 N–H and O–H groups in total. The molecule has 1 aromatic heterocycles. The summed E-state index contributed by atoms with van der Waals surface area (Å²) < 4.78 is 42.0. The van der Waals surface area contributed by atoms with Crippen LogP contribution in [0.25, 0.3) is 0 Å². The van der Waals surface area contributed by atoms with Crippen molar-refractivity contribution in [3.05, 3.63) is 23.4 Å². The Morgan fingerprint density at radius 3 is 2.67 bits per heavy atom. The van der Waals surface area contributed by atoms with Gasteiger partial charge in [0.25, 0.3) is 0 Å². The van der Waals surface area contributed by atoms with Crippen LogP contribution in [0.15, 0.2) is 12.1 Å². The van der Waals surface area contributed by atoms with Crippen LogP contribution in [0.4, 0.5) is 13.2 Å². The second-order valence-corrected chi connectivity index (χ2v) is 2.81. The number of ether oxygens (including phenoxy) is 1. The molecule has 0 amide bonds. The van der Waals surface area contributed by atoms with Gasteiger partial charge in [-0.25, -0.2) is 4.98 Å². The van der Waals surface area contributed by atoms with Gasteiger partial charge < -0.3 is 4.74 Å². The maximum absolute atomic E-state index is 12.4. The van der Waals surface area contributed by atoms with Crippen molar-refractivity contribution in [3.8, 4) is 18.2 Å². The van der Waals surface area contributed by atoms with Crippen LogP contribution in [-0.4, -0.2) is 11.6 Å². The Kier molecular flexibility index (Phi) is 3.20. The first kappa shape index (κ1) is 11.4. The van der Waals surface area contributed by atoms with E-state index in [-0.39, 0.29) is 18.1 Å². The Morgan fingerprint density at radius 2 is 2.13 bits per heavy atom. The molecule has 0 spiro atoms. The second-order valence-electron chi connectivity index (χ2n) is 2.81. The van der Waals surface area contributed by atoms with Gasteiger partial charge in [-0.05, 0) is 12.5 Å². The fourth-order valence-electron chi connectivity index (χ4n) is 0.994. The van der Waals surface area contributed by atoms with E-state index in [1.54, 1.807) is 0 Å². The molecular formula is C10H8F3NO. The van der Waals surface area contributed by atoms with Gasteiger partial charge in [-0.1, -0.05) is 12.0 Å². The molecule has 1 aromatic rings. The number of aryl methyl sites for hydroxylation is 1. The van der Waals surface area contributed by atoms with Gasteiger partial charge in [-0.2, -0.15) is 13.2 Å². The van der Waals surface area contributed by atoms with Gasteiger partial charge in [0.05, 0.1) is 0 Å². The molecular weight excluding hydrogens is 207 g/mol. The molecule has 1 rings (SSSR count). The van der Waals surface area contributed by atoms with Gasteiger partial charge in [0.15, 0.2) is 12.3 Å². The Labute approximate surface area is 85.1 Å². The molecule has 15 heavy (non-hydrogen) atoms. The summed E-state index contributed by atoms with van der Waals surface area (Å²) in [5, 5.41) is 0. The summed E-state index contributed by atoms with van der Waals surface area (Å²) in [6, 6.07) is 2.64. The molecule has 0 saturated heterocycles. The molecule has 0 bridgehead atoms. The van der Waals surface area contributed by atoms with Gasteiger partial charge >= 0.3 is 6.18 Å². The maximum atomic E-state index is 12.4. The van der Waals surface area contributed by atoms with Gasteiger partial charge in [-0.3, -0.25) is 0 Å². The minimum atomic E-state index is -4.47. The summed E-state index contributed by atoms with van der Waals surface area (Å²) in [6.45, 7) is 1.23. The Hall–Kier alpha value is -1.70. The number of alkyl halides is 3. The van der Waals surface area contributed by atoms with Crippen LogP contribution >= 0.6 is 0 Å². The Morgan fingerprint density at radius 1 is 1.47 bits per heavy atom. The molecule has 1 heterocycles. The van der Waals surface area contributed by atoms with Crippen LogP contribution in [0.3, 0.4) is 0 Å². The van der Waals surface area contributed by atoms with Crippen molar-refractivity contribution in [1.29, 1.82) is 0 Å². The third kappa shape index (κ3) is 2.88. The molecule has 0 unspecified atom stereocenters. The summed E-state index contributed by atoms with van der Waals surface area (Å²) in [5.74, 6) is 2.03. The number of nitrogens with zero attached hydrogens (tertiary/aromatic N) is 1. The van der Waals surface area contributed by atoms with E-state index in [1.807, 2.05) is 0 Å². The molecule has 0 aliphatic rings. The fourth-order valence-corrected chi connectivity index (χ4v) is 0.994. The maximum Gasteiger partial charge on any atom is 0.433 e. The Balaban J connectivity index is 3.02. The molecule has 0 aromatic carbocycles. The Bertz CT molecular complexity index is 393. The van der Waals surface area contributed by atoms with Gasteiger partial charge in [0.1, 0.15) is 0 Å². The lowest BCUT2D eigenvalue weighted by molar-refractivity contribution is -0.141. The first-order valence-electron chi connectivity index (χ1n) is 4.06. The highest BCUT2D eigenvalue weighted by Gasteiger charge is 2.34. The van der Waals surface area contributed by atoms with E-state index < -0.39 is 11.9 Å². The van der Waals surface area contributed by atoms with E-state index in [2.05, 4.69) is 10.9 Å². The third-order valence-electron chi connectivity index (χ3n) is 1.64. The molecule has 0 aliphatic heterocycles. The average Bonchev–Trinajstić information content (AvgIpc) is 2.15. The molecule has 0 saturated carbocycles. The van der Waals surface area contributed by atoms with E-state index in [0.717, 1.165) is 0 Å². The van der Waals surface area contributed by atoms with Crippen LogP contribution in [0.5, 0.6) is 5.88 Å². The highest BCUT2D eigenvalue weighted by atomic mass is 19.4. The predicted octanol–water partition coefficient (Wildman–Crippen LogP) is 2.42. The van der Waals surface area contributed by atoms with E-state index in [1.165, 1.54) is 19.1 Å². The number of rotatable bonds is 2. The SMILES string of the molecule is C#CCOc1ccc(C)c(C(F)(F)F)n1. The van der Waals surface area contributed by atoms with Crippen LogP contribution in [0.1, 0.15) is 11.3 Å². The average molecular weight is 215 g/mol. The predicted molar refractivity (Wildman–Crippen MR) is 48.3 cm³/mol. The number of aromatic nitrogens is 1. The number of pyridine rings is 1. The standard InChI is InChI=1S/C10H8F3NO/c1-3-6-15-8-5-4-7(2)9(14-8)10(11,12)13/h1,4-5H,6H2,2H3. The minimum Gasteiger partial charge on any atom is -0.464 e. The van der Waals surface area contributed by atoms with E-state index in [4.69, 9.17) is 11.2 Å². The zero-order chi connectivity index (χ0) is 11.5. The van der Waals surface area contributed by atoms with E-state index in [9.17, 15) is 13.2 Å². The molecule has 2 nitrogen and oxygen atoms in total. The zero-order valence-corrected chi connectivity index (χ0v) is 7.93. The molecule has 80 valence electrons. The van der Waals surface area contributed by atoms with Crippen molar-refractivity contribution in [2.75, 3.05) is 6.61 Å². The van der Waals surface area contributed by atoms with Crippen molar-refractivity contribution in [1.82, 2.24) is 4.98 Å². The lowest BCUT2D eigenvalue weighted by Crippen LogP contribution is -2.11. The highest BCUT2D eigenvalue weighted by Crippen LogP contribution is 2.31. The van der Waals surface area contributed by atoms with Crippen LogP contribution in [0.2, 0.25) is 0 Å².